The van der Waals surface area contributed by atoms with E-state index in [1.54, 1.807) is 0 Å². The molecule has 0 amide bonds. The van der Waals surface area contributed by atoms with Crippen LogP contribution in [0.3, 0.4) is 0 Å². The maximum absolute atomic E-state index is 12.9. The zero-order valence-corrected chi connectivity index (χ0v) is 53.3. The van der Waals surface area contributed by atoms with Gasteiger partial charge in [0.05, 0.1) is 0 Å². The van der Waals surface area contributed by atoms with Crippen molar-refractivity contribution >= 4 is 17.9 Å². The summed E-state index contributed by atoms with van der Waals surface area (Å²) in [5.74, 6) is -0.894. The standard InChI is InChI=1S/C75H128O6/c1-4-7-10-13-16-19-22-25-28-31-33-34-35-36-37-38-39-40-42-44-47-50-53-56-59-62-65-68-74(77)80-71-72(70-79-73(76)67-64-61-58-55-52-49-46-43-30-27-24-21-18-15-12-9-6-3)81-75(78)69-66-63-60-57-54-51-48-45-41-32-29-26-23-20-17-14-11-8-5-2/h7,10,16-21,25-30,33-34,41,45,72H,4-6,8-9,11-15,22-24,31-32,35-40,42-44,46-71H2,1-3H3/b10-7-,19-16-,20-17-,21-18-,28-25-,29-26-,30-27-,34-33-,45-41-. The van der Waals surface area contributed by atoms with Gasteiger partial charge in [0.25, 0.3) is 0 Å². The highest BCUT2D eigenvalue weighted by Gasteiger charge is 2.19. The molecular formula is C75H128O6. The Labute approximate surface area is 501 Å². The zero-order valence-electron chi connectivity index (χ0n) is 53.3. The molecule has 0 N–H and O–H groups in total. The number of carbonyl (C=O) groups excluding carboxylic acids is 3. The lowest BCUT2D eigenvalue weighted by molar-refractivity contribution is -0.167. The van der Waals surface area contributed by atoms with E-state index >= 15 is 0 Å². The second kappa shape index (κ2) is 68.6. The Balaban J connectivity index is 4.35. The van der Waals surface area contributed by atoms with Gasteiger partial charge < -0.3 is 14.2 Å². The predicted octanol–water partition coefficient (Wildman–Crippen LogP) is 23.8. The van der Waals surface area contributed by atoms with Crippen LogP contribution in [-0.4, -0.2) is 37.2 Å². The first-order valence-electron chi connectivity index (χ1n) is 34.4. The predicted molar refractivity (Wildman–Crippen MR) is 353 cm³/mol. The summed E-state index contributed by atoms with van der Waals surface area (Å²) in [6, 6.07) is 0. The van der Waals surface area contributed by atoms with Crippen LogP contribution in [0.4, 0.5) is 0 Å². The van der Waals surface area contributed by atoms with Crippen LogP contribution in [0.1, 0.15) is 329 Å². The van der Waals surface area contributed by atoms with E-state index < -0.39 is 6.10 Å². The van der Waals surface area contributed by atoms with Crippen molar-refractivity contribution in [1.82, 2.24) is 0 Å². The van der Waals surface area contributed by atoms with Crippen molar-refractivity contribution in [2.75, 3.05) is 13.2 Å². The van der Waals surface area contributed by atoms with Crippen LogP contribution < -0.4 is 0 Å². The summed E-state index contributed by atoms with van der Waals surface area (Å²) >= 11 is 0. The van der Waals surface area contributed by atoms with Gasteiger partial charge in [-0.25, -0.2) is 0 Å². The Hall–Kier alpha value is -3.93. The highest BCUT2D eigenvalue weighted by Crippen LogP contribution is 2.16. The number of carbonyl (C=O) groups is 3. The Morgan fingerprint density at radius 1 is 0.259 bits per heavy atom. The molecule has 0 aromatic heterocycles. The van der Waals surface area contributed by atoms with E-state index in [9.17, 15) is 14.4 Å². The van der Waals surface area contributed by atoms with Gasteiger partial charge in [-0.1, -0.05) is 291 Å². The van der Waals surface area contributed by atoms with Crippen molar-refractivity contribution in [2.24, 2.45) is 0 Å². The van der Waals surface area contributed by atoms with Crippen LogP contribution in [0.25, 0.3) is 0 Å². The lowest BCUT2D eigenvalue weighted by atomic mass is 10.0. The summed E-state index contributed by atoms with van der Waals surface area (Å²) in [5.41, 5.74) is 0. The Morgan fingerprint density at radius 2 is 0.481 bits per heavy atom. The van der Waals surface area contributed by atoms with Crippen molar-refractivity contribution in [2.45, 2.75) is 335 Å². The van der Waals surface area contributed by atoms with E-state index in [2.05, 4.69) is 130 Å². The molecule has 0 aliphatic carbocycles. The van der Waals surface area contributed by atoms with Gasteiger partial charge in [0.2, 0.25) is 0 Å². The maximum atomic E-state index is 12.9. The van der Waals surface area contributed by atoms with Crippen LogP contribution in [0, 0.1) is 0 Å². The van der Waals surface area contributed by atoms with E-state index in [4.69, 9.17) is 14.2 Å². The fraction of sp³-hybridized carbons (Fsp3) is 0.720. The normalized spacial score (nSPS) is 12.8. The second-order valence-electron chi connectivity index (χ2n) is 22.7. The first kappa shape index (κ1) is 77.1. The molecule has 0 heterocycles. The van der Waals surface area contributed by atoms with Crippen LogP contribution >= 0.6 is 0 Å². The second-order valence-corrected chi connectivity index (χ2v) is 22.7. The summed E-state index contributed by atoms with van der Waals surface area (Å²) in [7, 11) is 0. The van der Waals surface area contributed by atoms with E-state index in [1.165, 1.54) is 167 Å². The fourth-order valence-electron chi connectivity index (χ4n) is 9.59. The molecule has 0 aliphatic rings. The van der Waals surface area contributed by atoms with E-state index in [0.717, 1.165) is 122 Å². The molecule has 6 heteroatoms. The third-order valence-electron chi connectivity index (χ3n) is 14.7. The summed E-state index contributed by atoms with van der Waals surface area (Å²) in [6.07, 6.45) is 93.8. The van der Waals surface area contributed by atoms with Crippen molar-refractivity contribution in [3.05, 3.63) is 109 Å². The Bertz CT molecular complexity index is 1620. The summed E-state index contributed by atoms with van der Waals surface area (Å²) < 4.78 is 17.0. The summed E-state index contributed by atoms with van der Waals surface area (Å²) in [5, 5.41) is 0. The minimum Gasteiger partial charge on any atom is -0.462 e. The molecule has 1 atom stereocenters. The van der Waals surface area contributed by atoms with Gasteiger partial charge >= 0.3 is 17.9 Å². The van der Waals surface area contributed by atoms with E-state index in [0.29, 0.717) is 19.3 Å². The highest BCUT2D eigenvalue weighted by atomic mass is 16.6. The molecule has 0 aliphatic heterocycles. The molecule has 464 valence electrons. The molecule has 6 nitrogen and oxygen atoms in total. The first-order valence-corrected chi connectivity index (χ1v) is 34.4. The van der Waals surface area contributed by atoms with Crippen molar-refractivity contribution in [3.63, 3.8) is 0 Å². The molecular weight excluding hydrogens is 997 g/mol. The molecule has 0 spiro atoms. The van der Waals surface area contributed by atoms with Crippen LogP contribution in [0.2, 0.25) is 0 Å². The smallest absolute Gasteiger partial charge is 0.306 e. The van der Waals surface area contributed by atoms with Crippen LogP contribution in [0.5, 0.6) is 0 Å². The Morgan fingerprint density at radius 3 is 0.753 bits per heavy atom. The number of ether oxygens (including phenoxy) is 3. The zero-order chi connectivity index (χ0) is 58.5. The minimum absolute atomic E-state index is 0.0855. The third-order valence-corrected chi connectivity index (χ3v) is 14.7. The van der Waals surface area contributed by atoms with Gasteiger partial charge in [0.15, 0.2) is 6.10 Å². The lowest BCUT2D eigenvalue weighted by Gasteiger charge is -2.18. The number of unbranched alkanes of at least 4 members (excludes halogenated alkanes) is 33. The fourth-order valence-corrected chi connectivity index (χ4v) is 9.59. The van der Waals surface area contributed by atoms with Crippen molar-refractivity contribution < 1.29 is 28.6 Å². The molecule has 81 heavy (non-hydrogen) atoms. The minimum atomic E-state index is -0.792. The van der Waals surface area contributed by atoms with Gasteiger partial charge in [0.1, 0.15) is 13.2 Å². The molecule has 0 aromatic carbocycles. The van der Waals surface area contributed by atoms with Crippen molar-refractivity contribution in [1.29, 1.82) is 0 Å². The van der Waals surface area contributed by atoms with Gasteiger partial charge in [0, 0.05) is 19.3 Å². The quantitative estimate of drug-likeness (QED) is 0.0261. The van der Waals surface area contributed by atoms with Crippen LogP contribution in [0.15, 0.2) is 109 Å². The number of allylic oxidation sites excluding steroid dienone is 18. The number of hydrogen-bond acceptors (Lipinski definition) is 6. The number of esters is 3. The van der Waals surface area contributed by atoms with E-state index in [1.807, 2.05) is 0 Å². The van der Waals surface area contributed by atoms with Crippen molar-refractivity contribution in [3.8, 4) is 0 Å². The molecule has 0 saturated carbocycles. The van der Waals surface area contributed by atoms with E-state index in [-0.39, 0.29) is 31.1 Å². The summed E-state index contributed by atoms with van der Waals surface area (Å²) in [4.78, 5) is 38.4. The number of hydrogen-bond donors (Lipinski definition) is 0. The van der Waals surface area contributed by atoms with Crippen LogP contribution in [-0.2, 0) is 28.6 Å². The lowest BCUT2D eigenvalue weighted by Crippen LogP contribution is -2.30. The average Bonchev–Trinajstić information content (AvgIpc) is 3.47. The molecule has 0 rings (SSSR count). The third kappa shape index (κ3) is 66.8. The highest BCUT2D eigenvalue weighted by molar-refractivity contribution is 5.71. The Kier molecular flexibility index (Phi) is 65.2. The van der Waals surface area contributed by atoms with Gasteiger partial charge in [-0.05, 0) is 128 Å². The SMILES string of the molecule is CC/C=C\C/C=C\C/C=C\C/C=C\CCCCCCCCCCCCCCCCC(=O)OCC(COC(=O)CCCCCCCCC/C=C\C/C=C\CCCCC)OC(=O)CCCCCCCC/C=C\C/C=C\C/C=C\CCCCC. The van der Waals surface area contributed by atoms with Gasteiger partial charge in [-0.2, -0.15) is 0 Å². The molecule has 0 saturated heterocycles. The number of rotatable bonds is 62. The molecule has 0 aromatic rings. The average molecular weight is 1130 g/mol. The topological polar surface area (TPSA) is 78.9 Å². The molecule has 0 bridgehead atoms. The maximum Gasteiger partial charge on any atom is 0.306 e. The first-order chi connectivity index (χ1) is 40.0. The van der Waals surface area contributed by atoms with Gasteiger partial charge in [-0.3, -0.25) is 14.4 Å². The largest absolute Gasteiger partial charge is 0.462 e. The monoisotopic (exact) mass is 1120 g/mol. The molecule has 0 fully saturated rings. The van der Waals surface area contributed by atoms with Gasteiger partial charge in [-0.15, -0.1) is 0 Å². The molecule has 1 unspecified atom stereocenters. The summed E-state index contributed by atoms with van der Waals surface area (Å²) in [6.45, 7) is 6.49. The molecule has 0 radical (unpaired) electrons.